The van der Waals surface area contributed by atoms with E-state index in [-0.39, 0.29) is 24.4 Å². The van der Waals surface area contributed by atoms with E-state index in [9.17, 15) is 0 Å². The number of benzene rings is 8. The van der Waals surface area contributed by atoms with Crippen LogP contribution in [0.1, 0.15) is 99.9 Å². The van der Waals surface area contributed by atoms with Crippen LogP contribution in [0.4, 0.5) is 0 Å². The van der Waals surface area contributed by atoms with Crippen LogP contribution in [0.2, 0.25) is 0 Å². The van der Waals surface area contributed by atoms with Crippen LogP contribution < -0.4 is 50.8 Å². The number of hydrogen-bond donors (Lipinski definition) is 0. The molecule has 0 unspecified atom stereocenters. The maximum absolute atomic E-state index is 7.17. The van der Waals surface area contributed by atoms with Crippen molar-refractivity contribution in [3.63, 3.8) is 0 Å². The molecule has 0 aromatic heterocycles. The Bertz CT molecular complexity index is 2720. The maximum atomic E-state index is 7.17. The average Bonchev–Trinajstić information content (AvgIpc) is 3.34. The molecule has 0 heterocycles. The van der Waals surface area contributed by atoms with Crippen LogP contribution in [0, 0.1) is 0 Å². The third kappa shape index (κ3) is 11.4. The van der Waals surface area contributed by atoms with Gasteiger partial charge in [-0.25, -0.2) is 0 Å². The van der Waals surface area contributed by atoms with Crippen molar-refractivity contribution in [1.82, 2.24) is 0 Å². The predicted octanol–water partition coefficient (Wildman–Crippen LogP) is 13.0. The van der Waals surface area contributed by atoms with Crippen LogP contribution in [0.5, 0.6) is 23.0 Å². The van der Waals surface area contributed by atoms with Crippen LogP contribution in [-0.4, -0.2) is 24.4 Å². The van der Waals surface area contributed by atoms with Gasteiger partial charge in [-0.1, -0.05) is 158 Å². The van der Waals surface area contributed by atoms with E-state index in [1.807, 2.05) is 0 Å². The minimum absolute atomic E-state index is 0.0311. The zero-order chi connectivity index (χ0) is 48.7. The third-order valence-corrected chi connectivity index (χ3v) is 17.1. The second-order valence-electron chi connectivity index (χ2n) is 19.4. The van der Waals surface area contributed by atoms with Crippen LogP contribution in [0.15, 0.2) is 182 Å². The highest BCUT2D eigenvalue weighted by Crippen LogP contribution is 2.44. The zero-order valence-corrected chi connectivity index (χ0v) is 43.8. The number of ether oxygens (including phenoxy) is 4. The Labute approximate surface area is 419 Å². The summed E-state index contributed by atoms with van der Waals surface area (Å²) in [6.07, 6.45) is 2.28. The quantitative estimate of drug-likeness (QED) is 0.102. The summed E-state index contributed by atoms with van der Waals surface area (Å²) < 4.78 is 28.2. The molecule has 0 atom stereocenters. The molecule has 8 aromatic rings. The van der Waals surface area contributed by atoms with E-state index in [1.165, 1.54) is 31.8 Å². The molecule has 1 aliphatic rings. The summed E-state index contributed by atoms with van der Waals surface area (Å²) in [4.78, 5) is 0. The van der Waals surface area contributed by atoms with E-state index >= 15 is 0 Å². The predicted molar refractivity (Wildman–Crippen MR) is 297 cm³/mol. The molecule has 0 N–H and O–H groups in total. The first-order valence-corrected chi connectivity index (χ1v) is 27.7. The third-order valence-electron chi connectivity index (χ3n) is 12.3. The van der Waals surface area contributed by atoms with Crippen molar-refractivity contribution in [1.29, 1.82) is 0 Å². The lowest BCUT2D eigenvalue weighted by Crippen LogP contribution is -2.24. The molecular weight excluding hydrogens is 895 g/mol. The molecule has 70 heavy (non-hydrogen) atoms. The highest BCUT2D eigenvalue weighted by Gasteiger charge is 2.28. The Kier molecular flexibility index (Phi) is 15.5. The lowest BCUT2D eigenvalue weighted by atomic mass is 9.91. The van der Waals surface area contributed by atoms with Crippen LogP contribution in [0.25, 0.3) is 0 Å². The van der Waals surface area contributed by atoms with Gasteiger partial charge < -0.3 is 18.9 Å². The van der Waals surface area contributed by atoms with E-state index in [0.717, 1.165) is 67.5 Å². The molecule has 0 amide bonds. The van der Waals surface area contributed by atoms with E-state index < -0.39 is 15.8 Å². The molecular formula is C64H66O4P2. The lowest BCUT2D eigenvalue weighted by Gasteiger charge is -2.28. The Hall–Kier alpha value is -6.18. The van der Waals surface area contributed by atoms with Crippen molar-refractivity contribution in [2.24, 2.45) is 0 Å². The number of fused-ring (bicyclic) bond motifs is 8. The van der Waals surface area contributed by atoms with Crippen LogP contribution in [-0.2, 0) is 25.7 Å². The van der Waals surface area contributed by atoms with Gasteiger partial charge in [0.25, 0.3) is 0 Å². The average molecular weight is 961 g/mol. The van der Waals surface area contributed by atoms with Gasteiger partial charge in [-0.2, -0.15) is 0 Å². The minimum Gasteiger partial charge on any atom is -0.490 e. The van der Waals surface area contributed by atoms with E-state index in [2.05, 4.69) is 237 Å². The first kappa shape index (κ1) is 48.8. The number of hydrogen-bond acceptors (Lipinski definition) is 4. The van der Waals surface area contributed by atoms with Crippen molar-refractivity contribution in [2.45, 2.75) is 105 Å². The van der Waals surface area contributed by atoms with Crippen LogP contribution in [0.3, 0.4) is 0 Å². The Balaban J connectivity index is 1.39. The standard InChI is InChI=1S/C64H66O4P2/c1-43(2)65-61-47-23-21-25-49(61)36-51-39-59(69(55-27-13-9-14-28-55)56-29-15-10-16-30-56)41-53(63(51)67-45(5)6)38-54-42-60(70(57-31-17-11-18-32-57)58-33-19-12-20-34-58)40-52(64(54)68-46(7)8)37-50-26-22-24-48(35-47)62(50)66-44(3)4/h9-34,39-46H,35-38H2,1-8H3. The molecule has 8 aromatic carbocycles. The molecule has 0 spiro atoms. The van der Waals surface area contributed by atoms with Gasteiger partial charge in [0.15, 0.2) is 0 Å². The topological polar surface area (TPSA) is 36.9 Å². The van der Waals surface area contributed by atoms with E-state index in [1.54, 1.807) is 0 Å². The summed E-state index contributed by atoms with van der Waals surface area (Å²) in [6.45, 7) is 17.1. The molecule has 6 heteroatoms. The minimum atomic E-state index is -0.962. The fourth-order valence-corrected chi connectivity index (χ4v) is 14.5. The molecule has 0 saturated heterocycles. The maximum Gasteiger partial charge on any atom is 0.126 e. The molecule has 4 nitrogen and oxygen atoms in total. The molecule has 8 bridgehead atoms. The highest BCUT2D eigenvalue weighted by molar-refractivity contribution is 7.80. The highest BCUT2D eigenvalue weighted by atomic mass is 31.1. The number of rotatable bonds is 14. The molecule has 0 aliphatic heterocycles. The second-order valence-corrected chi connectivity index (χ2v) is 23.8. The Morgan fingerprint density at radius 1 is 0.257 bits per heavy atom. The SMILES string of the molecule is CC(C)Oc1c2cccc1Cc1cc(P(c3ccccc3)c3ccccc3)cc(c1OC(C)C)Cc1cc(P(c3ccccc3)c3ccccc3)cc(c1OC(C)C)Cc1cccc(c1OC(C)C)C2. The lowest BCUT2D eigenvalue weighted by molar-refractivity contribution is 0.233. The first-order chi connectivity index (χ1) is 34.0. The van der Waals surface area contributed by atoms with Gasteiger partial charge in [-0.3, -0.25) is 0 Å². The normalized spacial score (nSPS) is 12.5. The van der Waals surface area contributed by atoms with Crippen molar-refractivity contribution in [3.05, 3.63) is 226 Å². The summed E-state index contributed by atoms with van der Waals surface area (Å²) in [5.41, 5.74) is 9.09. The Morgan fingerprint density at radius 2 is 0.471 bits per heavy atom. The van der Waals surface area contributed by atoms with Gasteiger partial charge in [0.2, 0.25) is 0 Å². The molecule has 1 aliphatic carbocycles. The summed E-state index contributed by atoms with van der Waals surface area (Å²) in [5, 5.41) is 7.77. The van der Waals surface area contributed by atoms with Crippen molar-refractivity contribution in [2.75, 3.05) is 0 Å². The van der Waals surface area contributed by atoms with Gasteiger partial charge in [0.05, 0.1) is 24.4 Å². The van der Waals surface area contributed by atoms with Crippen molar-refractivity contribution < 1.29 is 18.9 Å². The summed E-state index contributed by atoms with van der Waals surface area (Å²) >= 11 is 0. The Morgan fingerprint density at radius 3 is 0.714 bits per heavy atom. The van der Waals surface area contributed by atoms with E-state index in [0.29, 0.717) is 25.7 Å². The monoisotopic (exact) mass is 960 g/mol. The zero-order valence-electron chi connectivity index (χ0n) is 42.0. The van der Waals surface area contributed by atoms with Crippen molar-refractivity contribution in [3.8, 4) is 23.0 Å². The summed E-state index contributed by atoms with van der Waals surface area (Å²) in [5.74, 6) is 3.71. The largest absolute Gasteiger partial charge is 0.490 e. The fourth-order valence-electron chi connectivity index (χ4n) is 9.66. The van der Waals surface area contributed by atoms with E-state index in [4.69, 9.17) is 18.9 Å². The smallest absolute Gasteiger partial charge is 0.126 e. The number of para-hydroxylation sites is 2. The molecule has 0 radical (unpaired) electrons. The first-order valence-electron chi connectivity index (χ1n) is 25.0. The van der Waals surface area contributed by atoms with Gasteiger partial charge in [0, 0.05) is 25.7 Å². The van der Waals surface area contributed by atoms with Crippen molar-refractivity contribution >= 4 is 47.7 Å². The van der Waals surface area contributed by atoms with Gasteiger partial charge in [-0.05, 0) is 172 Å². The van der Waals surface area contributed by atoms with Crippen LogP contribution >= 0.6 is 15.8 Å². The molecule has 0 fully saturated rings. The van der Waals surface area contributed by atoms with Gasteiger partial charge >= 0.3 is 0 Å². The summed E-state index contributed by atoms with van der Waals surface area (Å²) in [7, 11) is -1.92. The van der Waals surface area contributed by atoms with Gasteiger partial charge in [0.1, 0.15) is 23.0 Å². The molecule has 9 rings (SSSR count). The fraction of sp³-hybridized carbons (Fsp3) is 0.250. The van der Waals surface area contributed by atoms with Gasteiger partial charge in [-0.15, -0.1) is 0 Å². The summed E-state index contributed by atoms with van der Waals surface area (Å²) in [6, 6.07) is 67.3. The second kappa shape index (κ2) is 22.3. The molecule has 356 valence electrons. The molecule has 0 saturated carbocycles.